The molecule has 5 aliphatic heterocycles. The standard InChI is InChI=1S/C25H33N5O2.C23H31N5O2.C22H35N5O2.C22H34N4O2.C20H31N5O2/c1-15(2)13-26-21-9-10-30(14-22(21)31-4)24-19(25-28-23(29-32-25)17-6-7-17)12-18-11-16(3)5-8-20(18)27-24;1-14(2)12-24-20-8-9-28(13-21(20)29-5)23-18(22-25-16(4)30-27-22)11-17-10-15(3)6-7-19(17)26-23;1-4-16-12-18(22(28)25-15(2)23)21(24-13-16)27-11-10-19(20(14-27)29-3)26-17-8-6-5-7-9-17;1-15-11-18(20(27)12-16(2)23)22(24-13-15)26-10-9-19(21(14-26)28-3)25-17-7-5-4-6-8-17;1-12(2)10-21-17-7-8-25(11-18(17)26-6)19-16(9-13(3)14(4)22-19)20-23-15(5)24-27-20/h5,8,11-12,15,17,21-22,26H,6-7,9-10,13-14H2,1-4H3;6-7,10-11,14,20-21,24H,8-9,12-13H2,1-5H3;12-13,17,19-20,26H,4-11,14H2,1-3H3,(H2,23,25,28);11-13,17,19,21,25H,4-10,14,23H2,1-3H3;9,12,17-18,21H,7-8,10-11H2,1-6H3. The van der Waals surface area contributed by atoms with Gasteiger partial charge >= 0.3 is 0 Å². The Morgan fingerprint density at radius 1 is 0.459 bits per heavy atom. The fraction of sp³-hybridized carbons (Fsp3) is 0.607. The minimum Gasteiger partial charge on any atom is -0.402 e. The number of hydrogen-bond acceptors (Lipinski definition) is 33. The van der Waals surface area contributed by atoms with Gasteiger partial charge in [-0.3, -0.25) is 15.0 Å². The predicted octanol–water partition coefficient (Wildman–Crippen LogP) is 16.8. The second kappa shape index (κ2) is 52.8. The summed E-state index contributed by atoms with van der Waals surface area (Å²) in [5.41, 5.74) is 18.5. The van der Waals surface area contributed by atoms with Crippen LogP contribution in [0.25, 0.3) is 56.1 Å². The van der Waals surface area contributed by atoms with Crippen LogP contribution in [-0.2, 0) is 30.1 Å². The Balaban J connectivity index is 0.000000144. The molecule has 13 heterocycles. The summed E-state index contributed by atoms with van der Waals surface area (Å²) in [7, 11) is 8.92. The molecule has 5 saturated heterocycles. The molecule has 8 aliphatic rings. The van der Waals surface area contributed by atoms with Crippen LogP contribution in [0, 0.1) is 71.6 Å². The molecule has 792 valence electrons. The number of pyridine rings is 5. The van der Waals surface area contributed by atoms with E-state index in [1.54, 1.807) is 49.4 Å². The molecule has 10 aromatic rings. The molecule has 18 rings (SSSR count). The van der Waals surface area contributed by atoms with Crippen molar-refractivity contribution in [3.8, 4) is 34.3 Å². The lowest BCUT2D eigenvalue weighted by Gasteiger charge is -2.41. The van der Waals surface area contributed by atoms with Crippen molar-refractivity contribution in [2.75, 3.05) is 145 Å². The van der Waals surface area contributed by atoms with E-state index in [4.69, 9.17) is 68.3 Å². The van der Waals surface area contributed by atoms with Gasteiger partial charge in [0, 0.05) is 197 Å². The summed E-state index contributed by atoms with van der Waals surface area (Å²) >= 11 is 0. The summed E-state index contributed by atoms with van der Waals surface area (Å²) in [6.45, 7) is 43.7. The van der Waals surface area contributed by atoms with Gasteiger partial charge in [-0.2, -0.15) is 15.0 Å². The summed E-state index contributed by atoms with van der Waals surface area (Å²) in [5, 5.41) is 43.4. The molecule has 0 radical (unpaired) electrons. The van der Waals surface area contributed by atoms with Gasteiger partial charge in [0.25, 0.3) is 17.7 Å². The van der Waals surface area contributed by atoms with Crippen LogP contribution >= 0.6 is 0 Å². The zero-order valence-electron chi connectivity index (χ0n) is 90.6. The van der Waals surface area contributed by atoms with E-state index in [1.165, 1.54) is 81.4 Å². The number of ether oxygens (including phenoxy) is 5. The van der Waals surface area contributed by atoms with Crippen LogP contribution in [0.1, 0.15) is 249 Å². The van der Waals surface area contributed by atoms with Crippen molar-refractivity contribution >= 4 is 68.4 Å². The van der Waals surface area contributed by atoms with Crippen molar-refractivity contribution in [2.45, 2.75) is 305 Å². The molecule has 10 atom stereocenters. The Morgan fingerprint density at radius 2 is 0.890 bits per heavy atom. The van der Waals surface area contributed by atoms with E-state index in [2.05, 4.69) is 209 Å². The number of ketones is 1. The second-order valence-electron chi connectivity index (χ2n) is 42.7. The average Bonchev–Trinajstić information content (AvgIpc) is 1.71. The topological polar surface area (TPSA) is 400 Å². The maximum atomic E-state index is 12.7. The van der Waals surface area contributed by atoms with Crippen LogP contribution in [-0.4, -0.2) is 266 Å². The molecule has 9 N–H and O–H groups in total. The third kappa shape index (κ3) is 29.8. The highest BCUT2D eigenvalue weighted by Gasteiger charge is 2.40. The number of anilines is 5. The molecule has 0 bridgehead atoms. The molecule has 3 saturated carbocycles. The number of allylic oxidation sites excluding steroid dienone is 2. The Hall–Kier alpha value is -10.9. The number of aryl methyl sites for hydroxylation is 8. The van der Waals surface area contributed by atoms with Crippen molar-refractivity contribution in [3.63, 3.8) is 0 Å². The van der Waals surface area contributed by atoms with Gasteiger partial charge in [-0.05, 0) is 241 Å². The lowest BCUT2D eigenvalue weighted by atomic mass is 9.92. The number of fused-ring (bicyclic) bond motifs is 2. The monoisotopic (exact) mass is 2010 g/mol. The molecule has 8 aromatic heterocycles. The number of carbonyl (C=O) groups is 2. The zero-order valence-corrected chi connectivity index (χ0v) is 90.6. The van der Waals surface area contributed by atoms with Gasteiger partial charge in [-0.1, -0.05) is 126 Å². The largest absolute Gasteiger partial charge is 0.402 e. The highest BCUT2D eigenvalue weighted by Crippen LogP contribution is 2.43. The number of amidine groups is 1. The number of carbonyl (C=O) groups excluding carboxylic acids is 2. The molecule has 34 nitrogen and oxygen atoms in total. The first kappa shape index (κ1) is 111. The molecule has 10 unspecified atom stereocenters. The van der Waals surface area contributed by atoms with Crippen molar-refractivity contribution < 1.29 is 46.8 Å². The van der Waals surface area contributed by atoms with Gasteiger partial charge in [0.2, 0.25) is 11.7 Å². The van der Waals surface area contributed by atoms with E-state index in [0.717, 1.165) is 220 Å². The molecular weight excluding hydrogens is 1840 g/mol. The molecule has 34 heteroatoms. The van der Waals surface area contributed by atoms with Crippen LogP contribution in [0.15, 0.2) is 104 Å². The van der Waals surface area contributed by atoms with Crippen molar-refractivity contribution in [3.05, 3.63) is 153 Å². The zero-order chi connectivity index (χ0) is 104. The minimum atomic E-state index is -0.272. The maximum absolute atomic E-state index is 12.7. The molecule has 2 aromatic carbocycles. The first-order valence-electron chi connectivity index (χ1n) is 53.5. The highest BCUT2D eigenvalue weighted by atomic mass is 16.5. The first-order chi connectivity index (χ1) is 70.3. The van der Waals surface area contributed by atoms with Crippen LogP contribution in [0.4, 0.5) is 29.1 Å². The average molecular weight is 2010 g/mol. The van der Waals surface area contributed by atoms with Crippen molar-refractivity contribution in [1.29, 1.82) is 5.41 Å². The van der Waals surface area contributed by atoms with E-state index in [9.17, 15) is 9.59 Å². The van der Waals surface area contributed by atoms with Crippen LogP contribution in [0.5, 0.6) is 0 Å². The number of aromatic nitrogens is 11. The fourth-order valence-electron chi connectivity index (χ4n) is 20.9. The fourth-order valence-corrected chi connectivity index (χ4v) is 20.9. The third-order valence-corrected chi connectivity index (χ3v) is 29.3. The van der Waals surface area contributed by atoms with E-state index in [1.807, 2.05) is 59.1 Å². The number of rotatable bonds is 31. The number of amides is 1. The Bertz CT molecular complexity index is 5940. The van der Waals surface area contributed by atoms with Crippen LogP contribution in [0.3, 0.4) is 0 Å². The molecule has 146 heavy (non-hydrogen) atoms. The quantitative estimate of drug-likeness (QED) is 0.00866. The van der Waals surface area contributed by atoms with E-state index >= 15 is 0 Å². The van der Waals surface area contributed by atoms with Crippen LogP contribution < -0.4 is 62.1 Å². The summed E-state index contributed by atoms with van der Waals surface area (Å²) in [5.74, 6) is 9.80. The number of benzene rings is 2. The maximum Gasteiger partial charge on any atom is 0.261 e. The normalized spacial score (nSPS) is 21.8. The Kier molecular flexibility index (Phi) is 40.0. The van der Waals surface area contributed by atoms with E-state index in [-0.39, 0.29) is 48.0 Å². The molecule has 3 aliphatic carbocycles. The summed E-state index contributed by atoms with van der Waals surface area (Å²) in [6, 6.07) is 25.8. The number of nitrogens with zero attached hydrogens (tertiary/aromatic N) is 16. The third-order valence-electron chi connectivity index (χ3n) is 29.3. The van der Waals surface area contributed by atoms with E-state index < -0.39 is 0 Å². The van der Waals surface area contributed by atoms with Gasteiger partial charge in [0.1, 0.15) is 29.1 Å². The number of methoxy groups -OCH3 is 5. The van der Waals surface area contributed by atoms with Crippen molar-refractivity contribution in [1.82, 2.24) is 87.2 Å². The predicted molar refractivity (Wildman–Crippen MR) is 579 cm³/mol. The molecule has 8 fully saturated rings. The SMILES string of the molecule is CCc1cnc(N2CCC(NC3CCCCC3)C(OC)C2)c(C(=O)NC(C)=N)c1.COC1CN(c2nc(C)c(C)cc2-c2nc(C)no2)CCC1NCC(C)C.COC1CN(c2nc3ccc(C)cc3cc2-c2nc(C3CC3)no2)CCC1NCC(C)C.COC1CN(c2nc3ccc(C)cc3cc2-c2noc(C)n2)CCC1NCC(C)C.COC1CN(c2ncc(C)cc2C(=O)C=C(C)N)CCC1NC1CCCCC1. The highest BCUT2D eigenvalue weighted by molar-refractivity contribution is 6.09. The lowest BCUT2D eigenvalue weighted by molar-refractivity contribution is 0.0533. The summed E-state index contributed by atoms with van der Waals surface area (Å²) in [6.07, 6.45) is 26.6. The molecule has 0 spiro atoms. The minimum absolute atomic E-state index is 0.0544. The second-order valence-corrected chi connectivity index (χ2v) is 42.7. The van der Waals surface area contributed by atoms with E-state index in [0.29, 0.717) is 124 Å². The number of piperidine rings is 5. The smallest absolute Gasteiger partial charge is 0.261 e. The molecule has 1 amide bonds. The van der Waals surface area contributed by atoms with Gasteiger partial charge in [0.15, 0.2) is 17.4 Å². The number of nitrogens with two attached hydrogens (primary N) is 1. The number of nitrogens with one attached hydrogen (secondary N) is 7. The van der Waals surface area contributed by atoms with Gasteiger partial charge in [-0.25, -0.2) is 24.9 Å². The first-order valence-corrected chi connectivity index (χ1v) is 53.5. The Labute approximate surface area is 864 Å². The van der Waals surface area contributed by atoms with Gasteiger partial charge in [-0.15, -0.1) is 0 Å². The molecular formula is C112H164N24O10. The number of hydrogen-bond donors (Lipinski definition) is 8. The summed E-state index contributed by atoms with van der Waals surface area (Å²) in [4.78, 5) is 74.5. The summed E-state index contributed by atoms with van der Waals surface area (Å²) < 4.78 is 45.7. The van der Waals surface area contributed by atoms with Gasteiger partial charge in [0.05, 0.1) is 75.2 Å². The Morgan fingerprint density at radius 3 is 1.33 bits per heavy atom. The lowest BCUT2D eigenvalue weighted by Crippen LogP contribution is -2.56. The van der Waals surface area contributed by atoms with Gasteiger partial charge < -0.3 is 99.4 Å². The van der Waals surface area contributed by atoms with Crippen LogP contribution in [0.2, 0.25) is 0 Å². The van der Waals surface area contributed by atoms with Crippen molar-refractivity contribution in [2.24, 2.45) is 23.5 Å².